The summed E-state index contributed by atoms with van der Waals surface area (Å²) in [5.41, 5.74) is 1.10. The molecule has 2 amide bonds. The lowest BCUT2D eigenvalue weighted by Crippen LogP contribution is -2.36. The normalized spacial score (nSPS) is 11.8. The molecule has 1 aromatic carbocycles. The molecule has 0 radical (unpaired) electrons. The monoisotopic (exact) mass is 349 g/mol. The molecule has 1 atom stereocenters. The van der Waals surface area contributed by atoms with E-state index in [2.05, 4.69) is 15.6 Å². The van der Waals surface area contributed by atoms with Crippen LogP contribution in [-0.2, 0) is 0 Å². The van der Waals surface area contributed by atoms with Gasteiger partial charge in [0.2, 0.25) is 5.78 Å². The van der Waals surface area contributed by atoms with Crippen molar-refractivity contribution in [3.8, 4) is 0 Å². The number of hydrogen-bond acceptors (Lipinski definition) is 3. The van der Waals surface area contributed by atoms with Crippen LogP contribution in [0.15, 0.2) is 36.5 Å². The maximum atomic E-state index is 12.5. The van der Waals surface area contributed by atoms with E-state index in [1.54, 1.807) is 30.5 Å². The molecular formula is C17H20ClN3O3. The van der Waals surface area contributed by atoms with E-state index in [0.717, 1.165) is 0 Å². The molecule has 4 N–H and O–H groups in total. The van der Waals surface area contributed by atoms with Crippen LogP contribution in [0.5, 0.6) is 0 Å². The van der Waals surface area contributed by atoms with Crippen LogP contribution in [0.1, 0.15) is 35.8 Å². The molecule has 2 rings (SSSR count). The zero-order chi connectivity index (χ0) is 17.5. The number of aromatic nitrogens is 1. The van der Waals surface area contributed by atoms with Gasteiger partial charge in [-0.1, -0.05) is 11.6 Å². The molecule has 0 aliphatic rings. The number of amides is 2. The van der Waals surface area contributed by atoms with Crippen molar-refractivity contribution in [2.45, 2.75) is 25.8 Å². The first-order valence-electron chi connectivity index (χ1n) is 7.67. The summed E-state index contributed by atoms with van der Waals surface area (Å²) in [6.07, 6.45) is 2.93. The molecule has 0 saturated heterocycles. The highest BCUT2D eigenvalue weighted by Gasteiger charge is 2.17. The third-order valence-corrected chi connectivity index (χ3v) is 3.72. The second-order valence-electron chi connectivity index (χ2n) is 5.47. The first-order chi connectivity index (χ1) is 11.5. The Bertz CT molecular complexity index is 701. The van der Waals surface area contributed by atoms with Gasteiger partial charge in [0.05, 0.1) is 11.4 Å². The molecule has 6 nitrogen and oxygen atoms in total. The van der Waals surface area contributed by atoms with Crippen LogP contribution in [0.25, 0.3) is 0 Å². The number of aliphatic hydroxyl groups is 1. The van der Waals surface area contributed by atoms with Crippen molar-refractivity contribution >= 4 is 29.1 Å². The molecule has 1 unspecified atom stereocenters. The molecule has 0 bridgehead atoms. The number of halogens is 1. The van der Waals surface area contributed by atoms with Gasteiger partial charge >= 0.3 is 6.03 Å². The second kappa shape index (κ2) is 8.52. The van der Waals surface area contributed by atoms with Crippen molar-refractivity contribution in [3.05, 3.63) is 52.8 Å². The number of ketones is 1. The smallest absolute Gasteiger partial charge is 0.319 e. The van der Waals surface area contributed by atoms with Gasteiger partial charge in [-0.2, -0.15) is 0 Å². The number of urea groups is 1. The molecule has 128 valence electrons. The number of aromatic amines is 1. The number of nitrogens with one attached hydrogen (secondary N) is 3. The molecule has 0 fully saturated rings. The minimum atomic E-state index is -0.414. The van der Waals surface area contributed by atoms with Crippen molar-refractivity contribution in [2.75, 3.05) is 11.9 Å². The fourth-order valence-corrected chi connectivity index (χ4v) is 2.45. The average molecular weight is 350 g/mol. The van der Waals surface area contributed by atoms with E-state index in [0.29, 0.717) is 34.8 Å². The van der Waals surface area contributed by atoms with Crippen molar-refractivity contribution in [3.63, 3.8) is 0 Å². The fraction of sp³-hybridized carbons (Fsp3) is 0.294. The number of hydrogen-bond donors (Lipinski definition) is 4. The van der Waals surface area contributed by atoms with Gasteiger partial charge in [0.15, 0.2) is 0 Å². The van der Waals surface area contributed by atoms with Gasteiger partial charge in [-0.15, -0.1) is 0 Å². The predicted octanol–water partition coefficient (Wildman–Crippen LogP) is 3.18. The summed E-state index contributed by atoms with van der Waals surface area (Å²) >= 11 is 5.99. The van der Waals surface area contributed by atoms with Gasteiger partial charge in [-0.25, -0.2) is 4.79 Å². The number of benzene rings is 1. The standard InChI is InChI=1S/C17H20ClN3O3/c1-11(4-3-9-22)20-17(24)21-14-7-6-12(18)10-13(14)16(23)15-5-2-8-19-15/h2,5-8,10-11,19,22H,3-4,9H2,1H3,(H2,20,21,24). The number of H-pyrrole nitrogens is 1. The van der Waals surface area contributed by atoms with Crippen LogP contribution in [0.3, 0.4) is 0 Å². The Labute approximate surface area is 145 Å². The Morgan fingerprint density at radius 2 is 2.12 bits per heavy atom. The minimum Gasteiger partial charge on any atom is -0.396 e. The van der Waals surface area contributed by atoms with Gasteiger partial charge in [-0.05, 0) is 50.1 Å². The molecule has 0 aliphatic carbocycles. The van der Waals surface area contributed by atoms with Gasteiger partial charge in [0.1, 0.15) is 0 Å². The third kappa shape index (κ3) is 4.84. The zero-order valence-corrected chi connectivity index (χ0v) is 14.1. The van der Waals surface area contributed by atoms with Crippen molar-refractivity contribution in [1.82, 2.24) is 10.3 Å². The third-order valence-electron chi connectivity index (χ3n) is 3.49. The molecule has 2 aromatic rings. The maximum Gasteiger partial charge on any atom is 0.319 e. The van der Waals surface area contributed by atoms with Crippen LogP contribution < -0.4 is 10.6 Å². The van der Waals surface area contributed by atoms with Gasteiger partial charge in [-0.3, -0.25) is 4.79 Å². The highest BCUT2D eigenvalue weighted by Crippen LogP contribution is 2.23. The van der Waals surface area contributed by atoms with Crippen molar-refractivity contribution < 1.29 is 14.7 Å². The number of rotatable bonds is 7. The van der Waals surface area contributed by atoms with E-state index >= 15 is 0 Å². The number of anilines is 1. The number of carbonyl (C=O) groups excluding carboxylic acids is 2. The van der Waals surface area contributed by atoms with Gasteiger partial charge in [0.25, 0.3) is 0 Å². The number of aliphatic hydroxyl groups excluding tert-OH is 1. The van der Waals surface area contributed by atoms with Gasteiger partial charge in [0, 0.05) is 29.4 Å². The number of carbonyl (C=O) groups is 2. The average Bonchev–Trinajstić information content (AvgIpc) is 3.08. The molecule has 0 aliphatic heterocycles. The largest absolute Gasteiger partial charge is 0.396 e. The molecule has 24 heavy (non-hydrogen) atoms. The van der Waals surface area contributed by atoms with Crippen molar-refractivity contribution in [1.29, 1.82) is 0 Å². The van der Waals surface area contributed by atoms with E-state index in [9.17, 15) is 9.59 Å². The molecule has 7 heteroatoms. The molecule has 0 spiro atoms. The second-order valence-corrected chi connectivity index (χ2v) is 5.90. The summed E-state index contributed by atoms with van der Waals surface area (Å²) in [6.45, 7) is 1.93. The summed E-state index contributed by atoms with van der Waals surface area (Å²) in [4.78, 5) is 27.5. The fourth-order valence-electron chi connectivity index (χ4n) is 2.28. The summed E-state index contributed by atoms with van der Waals surface area (Å²) in [5, 5.41) is 14.7. The summed E-state index contributed by atoms with van der Waals surface area (Å²) in [7, 11) is 0. The Kier molecular flexibility index (Phi) is 6.40. The topological polar surface area (TPSA) is 94.2 Å². The summed E-state index contributed by atoms with van der Waals surface area (Å²) in [5.74, 6) is -0.258. The lowest BCUT2D eigenvalue weighted by Gasteiger charge is -2.15. The maximum absolute atomic E-state index is 12.5. The first kappa shape index (κ1) is 18.0. The quantitative estimate of drug-likeness (QED) is 0.578. The molecule has 1 aromatic heterocycles. The van der Waals surface area contributed by atoms with E-state index < -0.39 is 6.03 Å². The SMILES string of the molecule is CC(CCCO)NC(=O)Nc1ccc(Cl)cc1C(=O)c1ccc[nH]1. The molecule has 1 heterocycles. The van der Waals surface area contributed by atoms with Crippen LogP contribution in [0.4, 0.5) is 10.5 Å². The first-order valence-corrected chi connectivity index (χ1v) is 8.05. The van der Waals surface area contributed by atoms with Crippen LogP contribution in [0.2, 0.25) is 5.02 Å². The molecule has 0 saturated carbocycles. The van der Waals surface area contributed by atoms with E-state index in [1.807, 2.05) is 6.92 Å². The van der Waals surface area contributed by atoms with E-state index in [4.69, 9.17) is 16.7 Å². The van der Waals surface area contributed by atoms with E-state index in [1.165, 1.54) is 6.07 Å². The highest BCUT2D eigenvalue weighted by atomic mass is 35.5. The highest BCUT2D eigenvalue weighted by molar-refractivity contribution is 6.31. The van der Waals surface area contributed by atoms with Crippen LogP contribution >= 0.6 is 11.6 Å². The summed E-state index contributed by atoms with van der Waals surface area (Å²) in [6, 6.07) is 7.60. The summed E-state index contributed by atoms with van der Waals surface area (Å²) < 4.78 is 0. The minimum absolute atomic E-state index is 0.0830. The molecular weight excluding hydrogens is 330 g/mol. The van der Waals surface area contributed by atoms with E-state index in [-0.39, 0.29) is 18.4 Å². The van der Waals surface area contributed by atoms with Crippen molar-refractivity contribution in [2.24, 2.45) is 0 Å². The Balaban J connectivity index is 2.13. The van der Waals surface area contributed by atoms with Crippen LogP contribution in [-0.4, -0.2) is 34.6 Å². The lowest BCUT2D eigenvalue weighted by atomic mass is 10.1. The zero-order valence-electron chi connectivity index (χ0n) is 13.3. The van der Waals surface area contributed by atoms with Crippen LogP contribution in [0, 0.1) is 0 Å². The lowest BCUT2D eigenvalue weighted by molar-refractivity contribution is 0.103. The Hall–Kier alpha value is -2.31. The Morgan fingerprint density at radius 1 is 1.33 bits per heavy atom. The Morgan fingerprint density at radius 3 is 2.79 bits per heavy atom. The predicted molar refractivity (Wildman–Crippen MR) is 93.6 cm³/mol. The van der Waals surface area contributed by atoms with Gasteiger partial charge < -0.3 is 20.7 Å².